The summed E-state index contributed by atoms with van der Waals surface area (Å²) in [5, 5.41) is 4.46. The van der Waals surface area contributed by atoms with Crippen molar-refractivity contribution in [1.29, 1.82) is 0 Å². The number of benzene rings is 1. The molecule has 0 saturated heterocycles. The summed E-state index contributed by atoms with van der Waals surface area (Å²) < 4.78 is 27.2. The maximum absolute atomic E-state index is 14.8. The maximum atomic E-state index is 14.8. The Morgan fingerprint density at radius 2 is 2.19 bits per heavy atom. The first-order chi connectivity index (χ1) is 15.4. The second-order valence-corrected chi connectivity index (χ2v) is 7.61. The maximum Gasteiger partial charge on any atom is 0.285 e. The van der Waals surface area contributed by atoms with Crippen LogP contribution in [0.4, 0.5) is 10.1 Å². The largest absolute Gasteiger partial charge is 0.463 e. The van der Waals surface area contributed by atoms with E-state index in [0.29, 0.717) is 30.4 Å². The van der Waals surface area contributed by atoms with Gasteiger partial charge in [-0.15, -0.1) is 5.10 Å². The van der Waals surface area contributed by atoms with E-state index in [-0.39, 0.29) is 17.1 Å². The van der Waals surface area contributed by atoms with Crippen molar-refractivity contribution in [2.24, 2.45) is 5.73 Å². The molecule has 2 aliphatic heterocycles. The minimum Gasteiger partial charge on any atom is -0.463 e. The molecule has 0 fully saturated rings. The first kappa shape index (κ1) is 20.1. The van der Waals surface area contributed by atoms with E-state index < -0.39 is 18.0 Å². The lowest BCUT2D eigenvalue weighted by Gasteiger charge is -2.24. The first-order valence-corrected chi connectivity index (χ1v) is 10.2. The Hall–Kier alpha value is -3.79. The summed E-state index contributed by atoms with van der Waals surface area (Å²) >= 11 is 0. The van der Waals surface area contributed by atoms with Crippen LogP contribution in [0, 0.1) is 5.82 Å². The van der Waals surface area contributed by atoms with Gasteiger partial charge in [-0.1, -0.05) is 6.08 Å². The van der Waals surface area contributed by atoms with Gasteiger partial charge in [-0.2, -0.15) is 4.98 Å². The molecule has 2 N–H and O–H groups in total. The van der Waals surface area contributed by atoms with E-state index in [9.17, 15) is 9.18 Å². The number of carbonyl (C=O) groups is 1. The lowest BCUT2D eigenvalue weighted by atomic mass is 10.1. The van der Waals surface area contributed by atoms with Gasteiger partial charge in [0.05, 0.1) is 24.5 Å². The Morgan fingerprint density at radius 3 is 2.91 bits per heavy atom. The normalized spacial score (nSPS) is 18.8. The van der Waals surface area contributed by atoms with E-state index in [1.807, 2.05) is 12.3 Å². The van der Waals surface area contributed by atoms with Gasteiger partial charge >= 0.3 is 0 Å². The fourth-order valence-corrected chi connectivity index (χ4v) is 4.02. The molecular formula is C22H21FN6O3. The molecule has 1 amide bonds. The molecule has 10 heteroatoms. The van der Waals surface area contributed by atoms with Crippen molar-refractivity contribution in [3.05, 3.63) is 59.5 Å². The molecule has 5 rings (SSSR count). The number of amides is 1. The van der Waals surface area contributed by atoms with Gasteiger partial charge in [-0.3, -0.25) is 4.79 Å². The number of rotatable bonds is 4. The molecule has 1 unspecified atom stereocenters. The standard InChI is InChI=1S/C22H21FN6O3/c1-12-19(20(24)30)32-13(2)29(12)16-3-4-18(23)17(9-16)21-26-22-25-10-15(11-28(22)27-21)14-5-7-31-8-6-14/h3-5,9-11,13H,6-8H2,1-2H3,(H2,24,30). The predicted molar refractivity (Wildman–Crippen MR) is 115 cm³/mol. The van der Waals surface area contributed by atoms with E-state index in [0.717, 1.165) is 17.6 Å². The zero-order valence-corrected chi connectivity index (χ0v) is 17.6. The highest BCUT2D eigenvalue weighted by Crippen LogP contribution is 2.34. The van der Waals surface area contributed by atoms with Crippen LogP contribution in [0.3, 0.4) is 0 Å². The summed E-state index contributed by atoms with van der Waals surface area (Å²) in [5.74, 6) is -0.455. The lowest BCUT2D eigenvalue weighted by Crippen LogP contribution is -2.27. The van der Waals surface area contributed by atoms with Crippen LogP contribution in [0.1, 0.15) is 25.8 Å². The van der Waals surface area contributed by atoms with Crippen LogP contribution in [0.2, 0.25) is 0 Å². The molecule has 2 aliphatic rings. The molecule has 0 spiro atoms. The van der Waals surface area contributed by atoms with Crippen LogP contribution in [0.25, 0.3) is 22.7 Å². The summed E-state index contributed by atoms with van der Waals surface area (Å²) in [6, 6.07) is 4.57. The van der Waals surface area contributed by atoms with Gasteiger partial charge in [-0.25, -0.2) is 13.9 Å². The second-order valence-electron chi connectivity index (χ2n) is 7.61. The van der Waals surface area contributed by atoms with Crippen LogP contribution in [-0.4, -0.2) is 44.9 Å². The highest BCUT2D eigenvalue weighted by molar-refractivity contribution is 5.92. The minimum absolute atomic E-state index is 0.0911. The third-order valence-electron chi connectivity index (χ3n) is 5.56. The fourth-order valence-electron chi connectivity index (χ4n) is 4.02. The highest BCUT2D eigenvalue weighted by atomic mass is 19.1. The molecule has 1 atom stereocenters. The molecule has 0 saturated carbocycles. The Balaban J connectivity index is 1.54. The SMILES string of the molecule is CC1=C(C(N)=O)OC(C)N1c1ccc(F)c(-c2nc3ncc(C4=CCOCC4)cn3n2)c1. The van der Waals surface area contributed by atoms with Crippen molar-refractivity contribution in [3.8, 4) is 11.4 Å². The number of hydrogen-bond acceptors (Lipinski definition) is 7. The third kappa shape index (κ3) is 3.38. The van der Waals surface area contributed by atoms with Crippen LogP contribution in [0.15, 0.2) is 48.1 Å². The molecule has 9 nitrogen and oxygen atoms in total. The van der Waals surface area contributed by atoms with Gasteiger partial charge < -0.3 is 20.1 Å². The molecule has 32 heavy (non-hydrogen) atoms. The quantitative estimate of drug-likeness (QED) is 0.670. The van der Waals surface area contributed by atoms with Crippen molar-refractivity contribution in [3.63, 3.8) is 0 Å². The van der Waals surface area contributed by atoms with Crippen molar-refractivity contribution in [2.45, 2.75) is 26.5 Å². The zero-order chi connectivity index (χ0) is 22.4. The summed E-state index contributed by atoms with van der Waals surface area (Å²) in [6.45, 7) is 4.74. The molecule has 2 aromatic heterocycles. The Bertz CT molecular complexity index is 1300. The van der Waals surface area contributed by atoms with Crippen molar-refractivity contribution in [1.82, 2.24) is 19.6 Å². The molecule has 0 aliphatic carbocycles. The van der Waals surface area contributed by atoms with E-state index in [4.69, 9.17) is 15.2 Å². The molecular weight excluding hydrogens is 415 g/mol. The van der Waals surface area contributed by atoms with Crippen LogP contribution >= 0.6 is 0 Å². The number of aromatic nitrogens is 4. The number of halogens is 1. The number of fused-ring (bicyclic) bond motifs is 1. The van der Waals surface area contributed by atoms with Gasteiger partial charge in [0, 0.05) is 23.6 Å². The predicted octanol–water partition coefficient (Wildman–Crippen LogP) is 2.63. The molecule has 164 valence electrons. The molecule has 1 aromatic carbocycles. The van der Waals surface area contributed by atoms with Gasteiger partial charge in [-0.05, 0) is 44.0 Å². The number of hydrogen-bond donors (Lipinski definition) is 1. The van der Waals surface area contributed by atoms with Gasteiger partial charge in [0.15, 0.2) is 12.1 Å². The van der Waals surface area contributed by atoms with Crippen LogP contribution in [0.5, 0.6) is 0 Å². The Kier molecular flexibility index (Phi) is 4.86. The first-order valence-electron chi connectivity index (χ1n) is 10.2. The summed E-state index contributed by atoms with van der Waals surface area (Å²) in [7, 11) is 0. The number of carbonyl (C=O) groups excluding carboxylic acids is 1. The highest BCUT2D eigenvalue weighted by Gasteiger charge is 2.32. The fraction of sp³-hybridized carbons (Fsp3) is 0.273. The second kappa shape index (κ2) is 7.72. The molecule has 0 bridgehead atoms. The number of nitrogens with zero attached hydrogens (tertiary/aromatic N) is 5. The van der Waals surface area contributed by atoms with Gasteiger partial charge in [0.25, 0.3) is 11.7 Å². The number of nitrogens with two attached hydrogens (primary N) is 1. The number of ether oxygens (including phenoxy) is 2. The molecule has 0 radical (unpaired) electrons. The monoisotopic (exact) mass is 436 g/mol. The molecule has 3 aromatic rings. The summed E-state index contributed by atoms with van der Waals surface area (Å²) in [6.07, 6.45) is 5.91. The molecule has 4 heterocycles. The minimum atomic E-state index is -0.650. The topological polar surface area (TPSA) is 108 Å². The van der Waals surface area contributed by atoms with E-state index in [1.54, 1.807) is 41.6 Å². The van der Waals surface area contributed by atoms with E-state index >= 15 is 0 Å². The average molecular weight is 436 g/mol. The summed E-state index contributed by atoms with van der Waals surface area (Å²) in [4.78, 5) is 22.2. The smallest absolute Gasteiger partial charge is 0.285 e. The number of primary amides is 1. The van der Waals surface area contributed by atoms with Gasteiger partial charge in [0.2, 0.25) is 5.76 Å². The van der Waals surface area contributed by atoms with Crippen molar-refractivity contribution >= 4 is 22.9 Å². The van der Waals surface area contributed by atoms with E-state index in [2.05, 4.69) is 15.1 Å². The van der Waals surface area contributed by atoms with Crippen LogP contribution in [-0.2, 0) is 14.3 Å². The lowest BCUT2D eigenvalue weighted by molar-refractivity contribution is -0.118. The third-order valence-corrected chi connectivity index (χ3v) is 5.56. The number of allylic oxidation sites excluding steroid dienone is 1. The zero-order valence-electron chi connectivity index (χ0n) is 17.6. The van der Waals surface area contributed by atoms with Crippen molar-refractivity contribution in [2.75, 3.05) is 18.1 Å². The Morgan fingerprint density at radius 1 is 1.34 bits per heavy atom. The van der Waals surface area contributed by atoms with E-state index in [1.165, 1.54) is 6.07 Å². The summed E-state index contributed by atoms with van der Waals surface area (Å²) in [5.41, 5.74) is 8.85. The Labute approximate surface area is 183 Å². The average Bonchev–Trinajstić information content (AvgIpc) is 3.34. The number of anilines is 1. The van der Waals surface area contributed by atoms with Crippen LogP contribution < -0.4 is 10.6 Å². The van der Waals surface area contributed by atoms with Crippen molar-refractivity contribution < 1.29 is 18.7 Å². The van der Waals surface area contributed by atoms with Gasteiger partial charge in [0.1, 0.15) is 5.82 Å².